The van der Waals surface area contributed by atoms with Gasteiger partial charge in [-0.2, -0.15) is 27.4 Å². The monoisotopic (exact) mass is 315 g/mol. The summed E-state index contributed by atoms with van der Waals surface area (Å²) in [5.41, 5.74) is -1.16. The van der Waals surface area contributed by atoms with Crippen LogP contribution in [0.3, 0.4) is 0 Å². The molecule has 0 spiro atoms. The Kier molecular flexibility index (Phi) is 5.42. The highest BCUT2D eigenvalue weighted by Crippen LogP contribution is 2.29. The summed E-state index contributed by atoms with van der Waals surface area (Å²) < 4.78 is 40.2. The molecule has 0 saturated heterocycles. The molecule has 0 radical (unpaired) electrons. The molecule has 1 heterocycles. The minimum Gasteiger partial charge on any atom is -0.282 e. The second-order valence-electron chi connectivity index (χ2n) is 4.15. The maximum absolute atomic E-state index is 12.6. The fraction of sp³-hybridized carbons (Fsp3) is 0.308. The molecule has 0 bridgehead atoms. The van der Waals surface area contributed by atoms with Gasteiger partial charge in [-0.25, -0.2) is 4.79 Å². The van der Waals surface area contributed by atoms with Gasteiger partial charge in [0.1, 0.15) is 5.82 Å². The van der Waals surface area contributed by atoms with Crippen LogP contribution < -0.4 is 5.69 Å². The standard InChI is InChI=1S/C12H12F3N3O.CO2/c1-3-10-16-18(11(19)17(10)2)9-6-4-5-8(7-9)12(13,14)15;2-1-3/h4-7H,3H2,1-2H3;. The molecule has 0 aliphatic rings. The molecular weight excluding hydrogens is 303 g/mol. The zero-order valence-electron chi connectivity index (χ0n) is 11.7. The van der Waals surface area contributed by atoms with Crippen LogP contribution in [0.4, 0.5) is 13.2 Å². The van der Waals surface area contributed by atoms with Gasteiger partial charge in [-0.3, -0.25) is 4.57 Å². The summed E-state index contributed by atoms with van der Waals surface area (Å²) in [4.78, 5) is 28.1. The number of alkyl halides is 3. The van der Waals surface area contributed by atoms with Crippen LogP contribution in [-0.2, 0) is 29.2 Å². The largest absolute Gasteiger partial charge is 0.416 e. The van der Waals surface area contributed by atoms with Crippen molar-refractivity contribution in [2.24, 2.45) is 7.05 Å². The van der Waals surface area contributed by atoms with E-state index in [0.29, 0.717) is 12.2 Å². The number of hydrogen-bond acceptors (Lipinski definition) is 4. The van der Waals surface area contributed by atoms with Gasteiger partial charge in [-0.1, -0.05) is 13.0 Å². The van der Waals surface area contributed by atoms with Crippen molar-refractivity contribution in [1.82, 2.24) is 14.3 Å². The summed E-state index contributed by atoms with van der Waals surface area (Å²) in [6.07, 6.45) is -3.67. The maximum Gasteiger partial charge on any atom is 0.416 e. The van der Waals surface area contributed by atoms with Crippen LogP contribution in [0.2, 0.25) is 0 Å². The zero-order chi connectivity index (χ0) is 16.9. The first kappa shape index (κ1) is 17.4. The summed E-state index contributed by atoms with van der Waals surface area (Å²) >= 11 is 0. The van der Waals surface area contributed by atoms with Gasteiger partial charge in [0, 0.05) is 13.5 Å². The second kappa shape index (κ2) is 6.86. The average molecular weight is 315 g/mol. The van der Waals surface area contributed by atoms with Crippen LogP contribution in [0, 0.1) is 0 Å². The molecule has 1 aromatic carbocycles. The van der Waals surface area contributed by atoms with Crippen molar-refractivity contribution < 1.29 is 22.8 Å². The fourth-order valence-electron chi connectivity index (χ4n) is 1.77. The lowest BCUT2D eigenvalue weighted by atomic mass is 10.2. The van der Waals surface area contributed by atoms with E-state index >= 15 is 0 Å². The van der Waals surface area contributed by atoms with E-state index in [9.17, 15) is 18.0 Å². The Bertz CT molecular complexity index is 741. The molecule has 2 rings (SSSR count). The van der Waals surface area contributed by atoms with Crippen molar-refractivity contribution in [3.63, 3.8) is 0 Å². The van der Waals surface area contributed by atoms with Crippen molar-refractivity contribution in [3.8, 4) is 5.69 Å². The molecule has 0 amide bonds. The first-order valence-corrected chi connectivity index (χ1v) is 6.08. The number of aromatic nitrogens is 3. The van der Waals surface area contributed by atoms with Gasteiger partial charge in [0.25, 0.3) is 0 Å². The lowest BCUT2D eigenvalue weighted by Gasteiger charge is -2.07. The third kappa shape index (κ3) is 3.70. The Labute approximate surface area is 122 Å². The molecule has 0 N–H and O–H groups in total. The molecule has 0 aliphatic heterocycles. The normalized spacial score (nSPS) is 10.6. The number of aryl methyl sites for hydroxylation is 1. The van der Waals surface area contributed by atoms with Crippen LogP contribution >= 0.6 is 0 Å². The van der Waals surface area contributed by atoms with E-state index in [4.69, 9.17) is 9.59 Å². The van der Waals surface area contributed by atoms with Gasteiger partial charge in [-0.05, 0) is 18.2 Å². The maximum atomic E-state index is 12.6. The van der Waals surface area contributed by atoms with Gasteiger partial charge >= 0.3 is 18.0 Å². The Hall–Kier alpha value is -2.67. The van der Waals surface area contributed by atoms with E-state index in [1.807, 2.05) is 6.92 Å². The Morgan fingerprint density at radius 1 is 1.27 bits per heavy atom. The van der Waals surface area contributed by atoms with Crippen LogP contribution in [-0.4, -0.2) is 20.5 Å². The number of carbonyl (C=O) groups excluding carboxylic acids is 2. The van der Waals surface area contributed by atoms with E-state index in [2.05, 4.69) is 5.10 Å². The summed E-state index contributed by atoms with van der Waals surface area (Å²) in [5, 5.41) is 4.02. The predicted molar refractivity (Wildman–Crippen MR) is 68.2 cm³/mol. The third-order valence-electron chi connectivity index (χ3n) is 2.81. The lowest BCUT2D eigenvalue weighted by molar-refractivity contribution is -0.191. The average Bonchev–Trinajstić information content (AvgIpc) is 2.75. The molecule has 0 atom stereocenters. The first-order valence-electron chi connectivity index (χ1n) is 6.08. The third-order valence-corrected chi connectivity index (χ3v) is 2.81. The molecule has 0 fully saturated rings. The minimum absolute atomic E-state index is 0.107. The highest BCUT2D eigenvalue weighted by Gasteiger charge is 2.30. The lowest BCUT2D eigenvalue weighted by Crippen LogP contribution is -2.22. The Morgan fingerprint density at radius 2 is 1.86 bits per heavy atom. The summed E-state index contributed by atoms with van der Waals surface area (Å²) in [6, 6.07) is 4.54. The van der Waals surface area contributed by atoms with Gasteiger partial charge in [0.05, 0.1) is 11.3 Å². The number of benzene rings is 1. The van der Waals surface area contributed by atoms with E-state index in [1.54, 1.807) is 0 Å². The fourth-order valence-corrected chi connectivity index (χ4v) is 1.77. The van der Waals surface area contributed by atoms with Crippen molar-refractivity contribution in [1.29, 1.82) is 0 Å². The number of rotatable bonds is 2. The van der Waals surface area contributed by atoms with E-state index in [1.165, 1.54) is 23.7 Å². The van der Waals surface area contributed by atoms with Gasteiger partial charge in [0.2, 0.25) is 0 Å². The molecule has 0 aliphatic carbocycles. The summed E-state index contributed by atoms with van der Waals surface area (Å²) in [6.45, 7) is 1.82. The van der Waals surface area contributed by atoms with Crippen molar-refractivity contribution >= 4 is 6.15 Å². The topological polar surface area (TPSA) is 74.0 Å². The molecule has 6 nitrogen and oxygen atoms in total. The van der Waals surface area contributed by atoms with Crippen LogP contribution in [0.5, 0.6) is 0 Å². The van der Waals surface area contributed by atoms with Crippen molar-refractivity contribution in [2.45, 2.75) is 19.5 Å². The number of hydrogen-bond donors (Lipinski definition) is 0. The molecule has 0 saturated carbocycles. The molecule has 118 valence electrons. The summed E-state index contributed by atoms with van der Waals surface area (Å²) in [5.74, 6) is 0.516. The molecule has 2 aromatic rings. The predicted octanol–water partition coefficient (Wildman–Crippen LogP) is 1.57. The molecule has 9 heteroatoms. The second-order valence-corrected chi connectivity index (χ2v) is 4.15. The molecular formula is C13H12F3N3O3. The number of halogens is 3. The first-order chi connectivity index (χ1) is 10.3. The molecule has 1 aromatic heterocycles. The molecule has 22 heavy (non-hydrogen) atoms. The highest BCUT2D eigenvalue weighted by molar-refractivity contribution is 5.36. The Balaban J connectivity index is 0.000000745. The van der Waals surface area contributed by atoms with Gasteiger partial charge < -0.3 is 0 Å². The van der Waals surface area contributed by atoms with Gasteiger partial charge in [0.15, 0.2) is 0 Å². The smallest absolute Gasteiger partial charge is 0.282 e. The Morgan fingerprint density at radius 3 is 2.32 bits per heavy atom. The van der Waals surface area contributed by atoms with Crippen LogP contribution in [0.25, 0.3) is 5.69 Å². The van der Waals surface area contributed by atoms with Gasteiger partial charge in [-0.15, -0.1) is 5.10 Å². The van der Waals surface area contributed by atoms with Crippen LogP contribution in [0.1, 0.15) is 18.3 Å². The van der Waals surface area contributed by atoms with E-state index in [-0.39, 0.29) is 11.8 Å². The minimum atomic E-state index is -4.44. The molecule has 0 unspecified atom stereocenters. The van der Waals surface area contributed by atoms with Crippen molar-refractivity contribution in [2.75, 3.05) is 0 Å². The van der Waals surface area contributed by atoms with E-state index in [0.717, 1.165) is 16.8 Å². The van der Waals surface area contributed by atoms with Crippen molar-refractivity contribution in [3.05, 3.63) is 46.1 Å². The van der Waals surface area contributed by atoms with Crippen LogP contribution in [0.15, 0.2) is 29.1 Å². The highest BCUT2D eigenvalue weighted by atomic mass is 19.4. The summed E-state index contributed by atoms with van der Waals surface area (Å²) in [7, 11) is 1.54. The zero-order valence-corrected chi connectivity index (χ0v) is 11.7. The van der Waals surface area contributed by atoms with E-state index < -0.39 is 17.4 Å². The quantitative estimate of drug-likeness (QED) is 0.843. The SMILES string of the molecule is CCc1nn(-c2cccc(C(F)(F)F)c2)c(=O)n1C.O=C=O. The number of nitrogens with zero attached hydrogens (tertiary/aromatic N) is 3.